The van der Waals surface area contributed by atoms with Gasteiger partial charge in [-0.25, -0.2) is 8.78 Å². The molecule has 4 nitrogen and oxygen atoms in total. The molecule has 0 aliphatic rings. The van der Waals surface area contributed by atoms with Crippen molar-refractivity contribution >= 4 is 5.91 Å². The third-order valence-electron chi connectivity index (χ3n) is 2.98. The normalized spacial score (nSPS) is 15.0. The van der Waals surface area contributed by atoms with Crippen molar-refractivity contribution in [2.45, 2.75) is 24.3 Å². The van der Waals surface area contributed by atoms with E-state index in [2.05, 4.69) is 4.74 Å². The van der Waals surface area contributed by atoms with Crippen LogP contribution in [-0.4, -0.2) is 31.5 Å². The second-order valence-corrected chi connectivity index (χ2v) is 4.57. The first-order valence-corrected chi connectivity index (χ1v) is 6.08. The Labute approximate surface area is 119 Å². The summed E-state index contributed by atoms with van der Waals surface area (Å²) in [5.41, 5.74) is 9.89. The van der Waals surface area contributed by atoms with Crippen molar-refractivity contribution in [1.82, 2.24) is 0 Å². The number of hydrogen-bond acceptors (Lipinski definition) is 3. The van der Waals surface area contributed by atoms with E-state index in [0.29, 0.717) is 5.56 Å². The van der Waals surface area contributed by atoms with Gasteiger partial charge in [-0.15, -0.1) is 0 Å². The number of carbonyl (C=O) groups excluding carboxylic acids is 1. The van der Waals surface area contributed by atoms with Gasteiger partial charge in [0, 0.05) is 13.0 Å². The Morgan fingerprint density at radius 2 is 1.81 bits per heavy atom. The summed E-state index contributed by atoms with van der Waals surface area (Å²) in [5.74, 6) is -5.10. The van der Waals surface area contributed by atoms with Gasteiger partial charge in [-0.2, -0.15) is 8.78 Å². The first-order chi connectivity index (χ1) is 9.70. The first-order valence-electron chi connectivity index (χ1n) is 6.08. The van der Waals surface area contributed by atoms with Gasteiger partial charge in [0.05, 0.1) is 0 Å². The molecule has 0 spiro atoms. The monoisotopic (exact) mass is 308 g/mol. The third kappa shape index (κ3) is 4.40. The molecule has 1 atom stereocenters. The summed E-state index contributed by atoms with van der Waals surface area (Å²) < 4.78 is 53.7. The highest BCUT2D eigenvalue weighted by atomic mass is 19.3. The fourth-order valence-electron chi connectivity index (χ4n) is 1.65. The molecule has 1 aromatic rings. The molecule has 1 unspecified atom stereocenters. The summed E-state index contributed by atoms with van der Waals surface area (Å²) in [6, 6.07) is 8.07. The van der Waals surface area contributed by atoms with Gasteiger partial charge in [-0.05, 0) is 5.56 Å². The van der Waals surface area contributed by atoms with E-state index in [9.17, 15) is 22.4 Å². The zero-order valence-corrected chi connectivity index (χ0v) is 11.1. The number of alkyl halides is 4. The van der Waals surface area contributed by atoms with Gasteiger partial charge >= 0.3 is 12.3 Å². The molecule has 0 fully saturated rings. The molecule has 0 heterocycles. The van der Waals surface area contributed by atoms with E-state index in [-0.39, 0.29) is 6.42 Å². The quantitative estimate of drug-likeness (QED) is 0.566. The zero-order valence-electron chi connectivity index (χ0n) is 11.1. The highest BCUT2D eigenvalue weighted by Gasteiger charge is 2.41. The molecule has 0 aliphatic heterocycles. The molecule has 1 amide bonds. The van der Waals surface area contributed by atoms with E-state index in [1.807, 2.05) is 0 Å². The van der Waals surface area contributed by atoms with Crippen molar-refractivity contribution in [3.63, 3.8) is 0 Å². The number of halogens is 4. The summed E-state index contributed by atoms with van der Waals surface area (Å²) in [4.78, 5) is 11.5. The summed E-state index contributed by atoms with van der Waals surface area (Å²) in [7, 11) is 0. The van der Waals surface area contributed by atoms with E-state index in [1.54, 1.807) is 30.3 Å². The predicted molar refractivity (Wildman–Crippen MR) is 67.9 cm³/mol. The number of nitrogens with two attached hydrogens (primary N) is 2. The molecule has 0 saturated carbocycles. The third-order valence-corrected chi connectivity index (χ3v) is 2.98. The minimum Gasteiger partial charge on any atom is -0.375 e. The van der Waals surface area contributed by atoms with Gasteiger partial charge < -0.3 is 16.2 Å². The van der Waals surface area contributed by atoms with Crippen LogP contribution in [-0.2, 0) is 15.1 Å². The number of hydrogen-bond donors (Lipinski definition) is 2. The second-order valence-electron chi connectivity index (χ2n) is 4.57. The summed E-state index contributed by atoms with van der Waals surface area (Å²) >= 11 is 0. The van der Waals surface area contributed by atoms with E-state index in [0.717, 1.165) is 0 Å². The van der Waals surface area contributed by atoms with E-state index in [4.69, 9.17) is 11.5 Å². The Balaban J connectivity index is 2.64. The van der Waals surface area contributed by atoms with E-state index < -0.39 is 37.0 Å². The van der Waals surface area contributed by atoms with Gasteiger partial charge in [0.1, 0.15) is 12.1 Å². The van der Waals surface area contributed by atoms with Gasteiger partial charge in [-0.3, -0.25) is 4.79 Å². The van der Waals surface area contributed by atoms with E-state index >= 15 is 0 Å². The maximum atomic E-state index is 12.6. The van der Waals surface area contributed by atoms with Crippen LogP contribution in [0.1, 0.15) is 12.0 Å². The van der Waals surface area contributed by atoms with Crippen molar-refractivity contribution in [2.24, 2.45) is 11.5 Å². The second kappa shape index (κ2) is 6.86. The average molecular weight is 308 g/mol. The standard InChI is InChI=1S/C13H16F4N2O2/c14-10(15)13(16,17)8-21-7-6-12(19,11(18)20)9-4-2-1-3-5-9/h1-5,10H,6-8,19H2,(H2,18,20). The average Bonchev–Trinajstić information content (AvgIpc) is 2.44. The minimum absolute atomic E-state index is 0.203. The molecule has 4 N–H and O–H groups in total. The lowest BCUT2D eigenvalue weighted by atomic mass is 9.87. The Morgan fingerprint density at radius 3 is 2.29 bits per heavy atom. The predicted octanol–water partition coefficient (Wildman–Crippen LogP) is 1.63. The lowest BCUT2D eigenvalue weighted by Crippen LogP contribution is -2.50. The first kappa shape index (κ1) is 17.4. The number of benzene rings is 1. The van der Waals surface area contributed by atoms with Crippen LogP contribution in [0.5, 0.6) is 0 Å². The maximum absolute atomic E-state index is 12.6. The number of primary amides is 1. The number of ether oxygens (including phenoxy) is 1. The molecular weight excluding hydrogens is 292 g/mol. The maximum Gasteiger partial charge on any atom is 0.330 e. The van der Waals surface area contributed by atoms with Gasteiger partial charge in [0.25, 0.3) is 0 Å². The minimum atomic E-state index is -4.24. The molecule has 0 bridgehead atoms. The smallest absolute Gasteiger partial charge is 0.330 e. The Morgan fingerprint density at radius 1 is 1.24 bits per heavy atom. The van der Waals surface area contributed by atoms with Gasteiger partial charge in [-0.1, -0.05) is 30.3 Å². The van der Waals surface area contributed by atoms with Crippen LogP contribution in [0.3, 0.4) is 0 Å². The van der Waals surface area contributed by atoms with Crippen LogP contribution in [0.15, 0.2) is 30.3 Å². The van der Waals surface area contributed by atoms with E-state index in [1.165, 1.54) is 0 Å². The zero-order chi connectivity index (χ0) is 16.1. The van der Waals surface area contributed by atoms with Gasteiger partial charge in [0.15, 0.2) is 0 Å². The summed E-state index contributed by atoms with van der Waals surface area (Å²) in [5, 5.41) is 0. The SMILES string of the molecule is NC(=O)C(N)(CCOCC(F)(F)C(F)F)c1ccccc1. The molecule has 0 aromatic heterocycles. The van der Waals surface area contributed by atoms with Crippen molar-refractivity contribution in [2.75, 3.05) is 13.2 Å². The summed E-state index contributed by atoms with van der Waals surface area (Å²) in [6.07, 6.45) is -4.02. The lowest BCUT2D eigenvalue weighted by Gasteiger charge is -2.26. The Kier molecular flexibility index (Phi) is 5.68. The summed E-state index contributed by atoms with van der Waals surface area (Å²) in [6.45, 7) is -1.86. The van der Waals surface area contributed by atoms with Crippen LogP contribution >= 0.6 is 0 Å². The van der Waals surface area contributed by atoms with Crippen LogP contribution in [0, 0.1) is 0 Å². The molecule has 0 radical (unpaired) electrons. The molecule has 21 heavy (non-hydrogen) atoms. The molecule has 8 heteroatoms. The fourth-order valence-corrected chi connectivity index (χ4v) is 1.65. The van der Waals surface area contributed by atoms with Crippen LogP contribution in [0.2, 0.25) is 0 Å². The highest BCUT2D eigenvalue weighted by Crippen LogP contribution is 2.25. The Bertz CT molecular complexity index is 470. The lowest BCUT2D eigenvalue weighted by molar-refractivity contribution is -0.166. The fraction of sp³-hybridized carbons (Fsp3) is 0.462. The van der Waals surface area contributed by atoms with Crippen molar-refractivity contribution < 1.29 is 27.1 Å². The molecule has 0 aliphatic carbocycles. The van der Waals surface area contributed by atoms with Crippen LogP contribution < -0.4 is 11.5 Å². The highest BCUT2D eigenvalue weighted by molar-refractivity contribution is 5.85. The van der Waals surface area contributed by atoms with Crippen molar-refractivity contribution in [3.8, 4) is 0 Å². The number of carbonyl (C=O) groups is 1. The molecule has 1 rings (SSSR count). The van der Waals surface area contributed by atoms with Gasteiger partial charge in [0.2, 0.25) is 5.91 Å². The largest absolute Gasteiger partial charge is 0.375 e. The van der Waals surface area contributed by atoms with Crippen molar-refractivity contribution in [3.05, 3.63) is 35.9 Å². The van der Waals surface area contributed by atoms with Crippen LogP contribution in [0.4, 0.5) is 17.6 Å². The topological polar surface area (TPSA) is 78.3 Å². The molecule has 1 aromatic carbocycles. The molecule has 0 saturated heterocycles. The molecule has 118 valence electrons. The molecular formula is C13H16F4N2O2. The van der Waals surface area contributed by atoms with Crippen LogP contribution in [0.25, 0.3) is 0 Å². The Hall–Kier alpha value is -1.67. The number of rotatable bonds is 8. The van der Waals surface area contributed by atoms with Crippen molar-refractivity contribution in [1.29, 1.82) is 0 Å². The number of amides is 1.